The molecule has 0 aromatic heterocycles. The van der Waals surface area contributed by atoms with Crippen molar-refractivity contribution in [2.75, 3.05) is 32.9 Å². The van der Waals surface area contributed by atoms with Gasteiger partial charge in [-0.3, -0.25) is 9.69 Å². The van der Waals surface area contributed by atoms with Gasteiger partial charge in [0.15, 0.2) is 0 Å². The zero-order valence-electron chi connectivity index (χ0n) is 14.3. The molecular weight excluding hydrogens is 328 g/mol. The van der Waals surface area contributed by atoms with Crippen molar-refractivity contribution in [1.82, 2.24) is 10.2 Å². The van der Waals surface area contributed by atoms with Crippen LogP contribution < -0.4 is 10.1 Å². The number of halogens is 1. The lowest BCUT2D eigenvalue weighted by Gasteiger charge is -2.40. The lowest BCUT2D eigenvalue weighted by Crippen LogP contribution is -2.58. The summed E-state index contributed by atoms with van der Waals surface area (Å²) in [6.45, 7) is 7.51. The average Bonchev–Trinajstić information content (AvgIpc) is 2.77. The monoisotopic (exact) mass is 352 g/mol. The normalized spacial score (nSPS) is 22.2. The minimum absolute atomic E-state index is 0.0391. The lowest BCUT2D eigenvalue weighted by atomic mass is 9.97. The second-order valence-corrected chi connectivity index (χ2v) is 7.29. The van der Waals surface area contributed by atoms with Crippen molar-refractivity contribution in [3.05, 3.63) is 28.8 Å². The molecule has 6 heteroatoms. The molecule has 2 aliphatic heterocycles. The Labute approximate surface area is 148 Å². The second-order valence-electron chi connectivity index (χ2n) is 6.86. The van der Waals surface area contributed by atoms with E-state index in [0.29, 0.717) is 24.8 Å². The molecule has 2 heterocycles. The van der Waals surface area contributed by atoms with Gasteiger partial charge in [0.25, 0.3) is 0 Å². The van der Waals surface area contributed by atoms with Gasteiger partial charge in [-0.1, -0.05) is 17.7 Å². The van der Waals surface area contributed by atoms with Gasteiger partial charge in [-0.15, -0.1) is 0 Å². The summed E-state index contributed by atoms with van der Waals surface area (Å²) < 4.78 is 11.2. The highest BCUT2D eigenvalue weighted by Crippen LogP contribution is 2.34. The molecule has 5 nitrogen and oxygen atoms in total. The summed E-state index contributed by atoms with van der Waals surface area (Å²) in [5.41, 5.74) is 0.437. The Morgan fingerprint density at radius 1 is 1.29 bits per heavy atom. The third-order valence-electron chi connectivity index (χ3n) is 4.91. The molecule has 24 heavy (non-hydrogen) atoms. The fourth-order valence-corrected chi connectivity index (χ4v) is 3.46. The van der Waals surface area contributed by atoms with Crippen molar-refractivity contribution >= 4 is 17.5 Å². The molecule has 0 bridgehead atoms. The van der Waals surface area contributed by atoms with Crippen LogP contribution in [0.5, 0.6) is 5.75 Å². The Hall–Kier alpha value is -1.30. The minimum atomic E-state index is -0.566. The number of benzene rings is 1. The van der Waals surface area contributed by atoms with Gasteiger partial charge in [0, 0.05) is 23.7 Å². The van der Waals surface area contributed by atoms with Crippen LogP contribution in [0.25, 0.3) is 0 Å². The lowest BCUT2D eigenvalue weighted by molar-refractivity contribution is -0.135. The molecular formula is C18H25ClN2O3. The largest absolute Gasteiger partial charge is 0.493 e. The number of carbonyl (C=O) groups excluding carboxylic acids is 1. The van der Waals surface area contributed by atoms with E-state index in [1.807, 2.05) is 32.0 Å². The molecule has 132 valence electrons. The molecule has 1 amide bonds. The van der Waals surface area contributed by atoms with Crippen LogP contribution in [-0.2, 0) is 9.53 Å². The van der Waals surface area contributed by atoms with Gasteiger partial charge in [0.05, 0.1) is 31.4 Å². The third kappa shape index (κ3) is 3.68. The van der Waals surface area contributed by atoms with E-state index in [0.717, 1.165) is 37.2 Å². The number of rotatable bonds is 3. The highest BCUT2D eigenvalue weighted by atomic mass is 35.5. The standard InChI is InChI=1S/C18H25ClN2O3/c1-18(2,21-7-10-23-11-8-21)17(22)20-15-4-3-9-24-16-12-13(19)5-6-14(15)16/h5-6,12,15H,3-4,7-11H2,1-2H3,(H,20,22). The van der Waals surface area contributed by atoms with Gasteiger partial charge >= 0.3 is 0 Å². The molecule has 3 rings (SSSR count). The predicted octanol–water partition coefficient (Wildman–Crippen LogP) is 2.78. The van der Waals surface area contributed by atoms with E-state index in [1.165, 1.54) is 0 Å². The summed E-state index contributed by atoms with van der Waals surface area (Å²) in [5.74, 6) is 0.812. The number of ether oxygens (including phenoxy) is 2. The minimum Gasteiger partial charge on any atom is -0.493 e. The number of hydrogen-bond donors (Lipinski definition) is 1. The Morgan fingerprint density at radius 2 is 2.04 bits per heavy atom. The van der Waals surface area contributed by atoms with Crippen LogP contribution in [0.4, 0.5) is 0 Å². The molecule has 2 aliphatic rings. The van der Waals surface area contributed by atoms with E-state index in [1.54, 1.807) is 0 Å². The average molecular weight is 353 g/mol. The first kappa shape index (κ1) is 17.5. The summed E-state index contributed by atoms with van der Waals surface area (Å²) in [4.78, 5) is 15.1. The maximum Gasteiger partial charge on any atom is 0.240 e. The van der Waals surface area contributed by atoms with Crippen molar-refractivity contribution in [3.8, 4) is 5.75 Å². The molecule has 1 N–H and O–H groups in total. The number of morpholine rings is 1. The van der Waals surface area contributed by atoms with E-state index in [4.69, 9.17) is 21.1 Å². The van der Waals surface area contributed by atoms with E-state index >= 15 is 0 Å². The van der Waals surface area contributed by atoms with Crippen molar-refractivity contribution in [2.24, 2.45) is 0 Å². The van der Waals surface area contributed by atoms with Crippen LogP contribution in [0.2, 0.25) is 5.02 Å². The maximum atomic E-state index is 13.0. The first-order valence-electron chi connectivity index (χ1n) is 8.54. The van der Waals surface area contributed by atoms with Crippen molar-refractivity contribution in [2.45, 2.75) is 38.3 Å². The first-order valence-corrected chi connectivity index (χ1v) is 8.92. The number of hydrogen-bond acceptors (Lipinski definition) is 4. The van der Waals surface area contributed by atoms with Crippen molar-refractivity contribution < 1.29 is 14.3 Å². The summed E-state index contributed by atoms with van der Waals surface area (Å²) in [6, 6.07) is 5.58. The number of fused-ring (bicyclic) bond motifs is 1. The summed E-state index contributed by atoms with van der Waals surface area (Å²) in [6.07, 6.45) is 1.76. The van der Waals surface area contributed by atoms with Crippen molar-refractivity contribution in [3.63, 3.8) is 0 Å². The highest BCUT2D eigenvalue weighted by Gasteiger charge is 2.37. The molecule has 1 atom stereocenters. The topological polar surface area (TPSA) is 50.8 Å². The quantitative estimate of drug-likeness (QED) is 0.908. The molecule has 0 saturated carbocycles. The first-order chi connectivity index (χ1) is 11.5. The third-order valence-corrected chi connectivity index (χ3v) is 5.14. The molecule has 1 fully saturated rings. The van der Waals surface area contributed by atoms with Crippen LogP contribution >= 0.6 is 11.6 Å². The fourth-order valence-electron chi connectivity index (χ4n) is 3.30. The molecule has 0 aliphatic carbocycles. The molecule has 0 radical (unpaired) electrons. The molecule has 1 aromatic carbocycles. The Morgan fingerprint density at radius 3 is 2.79 bits per heavy atom. The smallest absolute Gasteiger partial charge is 0.240 e. The maximum absolute atomic E-state index is 13.0. The molecule has 1 unspecified atom stereocenters. The Bertz CT molecular complexity index is 600. The zero-order valence-corrected chi connectivity index (χ0v) is 15.1. The van der Waals surface area contributed by atoms with Gasteiger partial charge in [-0.25, -0.2) is 0 Å². The number of nitrogens with zero attached hydrogens (tertiary/aromatic N) is 1. The molecule has 1 aromatic rings. The zero-order chi connectivity index (χ0) is 17.2. The SMILES string of the molecule is CC(C)(C(=O)NC1CCCOc2cc(Cl)ccc21)N1CCOCC1. The van der Waals surface area contributed by atoms with E-state index < -0.39 is 5.54 Å². The summed E-state index contributed by atoms with van der Waals surface area (Å²) in [7, 11) is 0. The highest BCUT2D eigenvalue weighted by molar-refractivity contribution is 6.30. The van der Waals surface area contributed by atoms with Crippen LogP contribution in [-0.4, -0.2) is 49.3 Å². The number of amides is 1. The van der Waals surface area contributed by atoms with E-state index in [9.17, 15) is 4.79 Å². The molecule has 1 saturated heterocycles. The van der Waals surface area contributed by atoms with Crippen molar-refractivity contribution in [1.29, 1.82) is 0 Å². The van der Waals surface area contributed by atoms with E-state index in [2.05, 4.69) is 10.2 Å². The van der Waals surface area contributed by atoms with Crippen LogP contribution in [0.15, 0.2) is 18.2 Å². The second kappa shape index (κ2) is 7.30. The Balaban J connectivity index is 1.76. The Kier molecular flexibility index (Phi) is 5.33. The van der Waals surface area contributed by atoms with Gasteiger partial charge in [0.2, 0.25) is 5.91 Å². The van der Waals surface area contributed by atoms with Gasteiger partial charge < -0.3 is 14.8 Å². The van der Waals surface area contributed by atoms with Crippen LogP contribution in [0.1, 0.15) is 38.3 Å². The van der Waals surface area contributed by atoms with Gasteiger partial charge in [0.1, 0.15) is 5.75 Å². The summed E-state index contributed by atoms with van der Waals surface area (Å²) in [5, 5.41) is 3.88. The predicted molar refractivity (Wildman–Crippen MR) is 93.5 cm³/mol. The molecule has 0 spiro atoms. The number of nitrogens with one attached hydrogen (secondary N) is 1. The van der Waals surface area contributed by atoms with Gasteiger partial charge in [-0.05, 0) is 38.8 Å². The van der Waals surface area contributed by atoms with Gasteiger partial charge in [-0.2, -0.15) is 0 Å². The van der Waals surface area contributed by atoms with Crippen LogP contribution in [0, 0.1) is 0 Å². The van der Waals surface area contributed by atoms with E-state index in [-0.39, 0.29) is 11.9 Å². The fraction of sp³-hybridized carbons (Fsp3) is 0.611. The van der Waals surface area contributed by atoms with Crippen LogP contribution in [0.3, 0.4) is 0 Å². The number of carbonyl (C=O) groups is 1. The summed E-state index contributed by atoms with van der Waals surface area (Å²) >= 11 is 6.07.